The monoisotopic (exact) mass is 387 g/mol. The third kappa shape index (κ3) is 4.71. The number of hydrogen-bond donors (Lipinski definition) is 2. The van der Waals surface area contributed by atoms with Gasteiger partial charge >= 0.3 is 6.03 Å². The number of urea groups is 1. The highest BCUT2D eigenvalue weighted by atomic mass is 16.2. The molecule has 0 radical (unpaired) electrons. The number of anilines is 3. The van der Waals surface area contributed by atoms with E-state index in [1.807, 2.05) is 55.5 Å². The van der Waals surface area contributed by atoms with Crippen molar-refractivity contribution in [2.75, 3.05) is 28.6 Å². The van der Waals surface area contributed by atoms with Crippen molar-refractivity contribution in [3.05, 3.63) is 66.5 Å². The van der Waals surface area contributed by atoms with Gasteiger partial charge in [0.1, 0.15) is 5.69 Å². The van der Waals surface area contributed by atoms with Crippen molar-refractivity contribution in [1.82, 2.24) is 9.97 Å². The Hall–Kier alpha value is -3.41. The van der Waals surface area contributed by atoms with Gasteiger partial charge < -0.3 is 15.5 Å². The van der Waals surface area contributed by atoms with Gasteiger partial charge in [-0.15, -0.1) is 0 Å². The van der Waals surface area contributed by atoms with Gasteiger partial charge in [0.2, 0.25) is 0 Å². The van der Waals surface area contributed by atoms with Gasteiger partial charge in [-0.1, -0.05) is 24.3 Å². The van der Waals surface area contributed by atoms with E-state index < -0.39 is 0 Å². The summed E-state index contributed by atoms with van der Waals surface area (Å²) in [7, 11) is 0. The fourth-order valence-corrected chi connectivity index (χ4v) is 3.63. The summed E-state index contributed by atoms with van der Waals surface area (Å²) in [4.78, 5) is 23.9. The quantitative estimate of drug-likeness (QED) is 0.654. The molecular formula is C23H25N5O. The minimum absolute atomic E-state index is 0.275. The second-order valence-electron chi connectivity index (χ2n) is 7.31. The fraction of sp³-hybridized carbons (Fsp3) is 0.261. The summed E-state index contributed by atoms with van der Waals surface area (Å²) in [6.45, 7) is 4.00. The van der Waals surface area contributed by atoms with Gasteiger partial charge in [-0.05, 0) is 56.0 Å². The molecule has 1 aliphatic rings. The first kappa shape index (κ1) is 18.9. The zero-order chi connectivity index (χ0) is 20.1. The summed E-state index contributed by atoms with van der Waals surface area (Å²) in [5, 5.41) is 5.77. The predicted octanol–water partition coefficient (Wildman–Crippen LogP) is 5.09. The summed E-state index contributed by atoms with van der Waals surface area (Å²) in [5.74, 6) is 0.911. The summed E-state index contributed by atoms with van der Waals surface area (Å²) < 4.78 is 0. The van der Waals surface area contributed by atoms with Crippen LogP contribution in [0.25, 0.3) is 11.3 Å². The molecule has 0 atom stereocenters. The molecule has 148 valence electrons. The standard InChI is InChI=1S/C23H25N5O/c1-17-7-5-9-19(15-17)26-23(29)27-20-10-6-8-18(16-20)21-22(25-12-11-24-21)28-13-3-2-4-14-28/h5-12,15-16H,2-4,13-14H2,1H3,(H2,26,27,29). The molecule has 4 rings (SSSR count). The third-order valence-corrected chi connectivity index (χ3v) is 5.00. The van der Waals surface area contributed by atoms with Crippen LogP contribution in [-0.2, 0) is 0 Å². The zero-order valence-electron chi connectivity index (χ0n) is 16.6. The number of aryl methyl sites for hydroxylation is 1. The number of carbonyl (C=O) groups excluding carboxylic acids is 1. The number of piperidine rings is 1. The Bertz CT molecular complexity index is 998. The van der Waals surface area contributed by atoms with Crippen molar-refractivity contribution in [2.45, 2.75) is 26.2 Å². The van der Waals surface area contributed by atoms with Gasteiger partial charge in [0.25, 0.3) is 0 Å². The van der Waals surface area contributed by atoms with Crippen LogP contribution in [0.2, 0.25) is 0 Å². The van der Waals surface area contributed by atoms with E-state index >= 15 is 0 Å². The van der Waals surface area contributed by atoms with Crippen LogP contribution in [0.5, 0.6) is 0 Å². The lowest BCUT2D eigenvalue weighted by Gasteiger charge is -2.28. The first-order valence-electron chi connectivity index (χ1n) is 10.00. The Balaban J connectivity index is 1.53. The highest BCUT2D eigenvalue weighted by molar-refractivity contribution is 6.00. The minimum Gasteiger partial charge on any atom is -0.355 e. The van der Waals surface area contributed by atoms with Gasteiger partial charge in [-0.25, -0.2) is 9.78 Å². The highest BCUT2D eigenvalue weighted by Gasteiger charge is 2.18. The number of carbonyl (C=O) groups is 1. The van der Waals surface area contributed by atoms with Crippen LogP contribution in [0.4, 0.5) is 22.0 Å². The second kappa shape index (κ2) is 8.73. The molecule has 29 heavy (non-hydrogen) atoms. The summed E-state index contributed by atoms with van der Waals surface area (Å²) in [5.41, 5.74) is 4.35. The van der Waals surface area contributed by atoms with Crippen molar-refractivity contribution in [3.63, 3.8) is 0 Å². The maximum Gasteiger partial charge on any atom is 0.323 e. The highest BCUT2D eigenvalue weighted by Crippen LogP contribution is 2.30. The topological polar surface area (TPSA) is 70.1 Å². The molecule has 2 heterocycles. The van der Waals surface area contributed by atoms with Crippen LogP contribution in [0.15, 0.2) is 60.9 Å². The van der Waals surface area contributed by atoms with Crippen LogP contribution < -0.4 is 15.5 Å². The SMILES string of the molecule is Cc1cccc(NC(=O)Nc2cccc(-c3nccnc3N3CCCCC3)c2)c1. The Morgan fingerprint density at radius 2 is 1.59 bits per heavy atom. The predicted molar refractivity (Wildman–Crippen MR) is 117 cm³/mol. The van der Waals surface area contributed by atoms with E-state index in [0.29, 0.717) is 5.69 Å². The molecule has 3 aromatic rings. The van der Waals surface area contributed by atoms with Crippen LogP contribution >= 0.6 is 0 Å². The lowest BCUT2D eigenvalue weighted by atomic mass is 10.1. The Morgan fingerprint density at radius 3 is 2.34 bits per heavy atom. The minimum atomic E-state index is -0.275. The number of rotatable bonds is 4. The molecule has 1 saturated heterocycles. The number of nitrogens with zero attached hydrogens (tertiary/aromatic N) is 3. The maximum absolute atomic E-state index is 12.4. The zero-order valence-corrected chi connectivity index (χ0v) is 16.6. The largest absolute Gasteiger partial charge is 0.355 e. The maximum atomic E-state index is 12.4. The van der Waals surface area contributed by atoms with Gasteiger partial charge in [0, 0.05) is 42.4 Å². The molecule has 6 nitrogen and oxygen atoms in total. The molecule has 1 aliphatic heterocycles. The van der Waals surface area contributed by atoms with Gasteiger partial charge in [0.15, 0.2) is 5.82 Å². The van der Waals surface area contributed by atoms with E-state index in [0.717, 1.165) is 41.4 Å². The van der Waals surface area contributed by atoms with E-state index in [9.17, 15) is 4.79 Å². The molecule has 2 aromatic carbocycles. The molecule has 0 bridgehead atoms. The van der Waals surface area contributed by atoms with Crippen LogP contribution in [-0.4, -0.2) is 29.1 Å². The number of amides is 2. The van der Waals surface area contributed by atoms with Crippen molar-refractivity contribution in [1.29, 1.82) is 0 Å². The van der Waals surface area contributed by atoms with Crippen molar-refractivity contribution in [2.24, 2.45) is 0 Å². The molecule has 2 amide bonds. The number of nitrogens with one attached hydrogen (secondary N) is 2. The first-order valence-corrected chi connectivity index (χ1v) is 10.00. The average molecular weight is 387 g/mol. The van der Waals surface area contributed by atoms with E-state index in [1.165, 1.54) is 19.3 Å². The molecular weight excluding hydrogens is 362 g/mol. The Labute approximate surface area is 171 Å². The normalized spacial score (nSPS) is 13.8. The van der Waals surface area contributed by atoms with Crippen molar-refractivity contribution < 1.29 is 4.79 Å². The Morgan fingerprint density at radius 1 is 0.897 bits per heavy atom. The molecule has 2 N–H and O–H groups in total. The molecule has 0 unspecified atom stereocenters. The van der Waals surface area contributed by atoms with Gasteiger partial charge in [-0.3, -0.25) is 4.98 Å². The smallest absolute Gasteiger partial charge is 0.323 e. The summed E-state index contributed by atoms with van der Waals surface area (Å²) in [6.07, 6.45) is 7.08. The van der Waals surface area contributed by atoms with E-state index in [1.54, 1.807) is 12.4 Å². The molecule has 0 saturated carbocycles. The van der Waals surface area contributed by atoms with Crippen molar-refractivity contribution >= 4 is 23.2 Å². The number of hydrogen-bond acceptors (Lipinski definition) is 4. The van der Waals surface area contributed by atoms with Crippen molar-refractivity contribution in [3.8, 4) is 11.3 Å². The molecule has 1 aromatic heterocycles. The second-order valence-corrected chi connectivity index (χ2v) is 7.31. The number of aromatic nitrogens is 2. The Kier molecular flexibility index (Phi) is 5.70. The van der Waals surface area contributed by atoms with Crippen LogP contribution in [0.3, 0.4) is 0 Å². The first-order chi connectivity index (χ1) is 14.2. The summed E-state index contributed by atoms with van der Waals surface area (Å²) in [6, 6.07) is 15.2. The van der Waals surface area contributed by atoms with E-state index in [2.05, 4.69) is 25.5 Å². The average Bonchev–Trinajstić information content (AvgIpc) is 2.74. The molecule has 1 fully saturated rings. The molecule has 0 spiro atoms. The van der Waals surface area contributed by atoms with Crippen LogP contribution in [0, 0.1) is 6.92 Å². The third-order valence-electron chi connectivity index (χ3n) is 5.00. The molecule has 6 heteroatoms. The van der Waals surface area contributed by atoms with Crippen LogP contribution in [0.1, 0.15) is 24.8 Å². The van der Waals surface area contributed by atoms with E-state index in [-0.39, 0.29) is 6.03 Å². The number of benzene rings is 2. The lowest BCUT2D eigenvalue weighted by Crippen LogP contribution is -2.30. The van der Waals surface area contributed by atoms with Gasteiger partial charge in [0.05, 0.1) is 0 Å². The lowest BCUT2D eigenvalue weighted by molar-refractivity contribution is 0.262. The fourth-order valence-electron chi connectivity index (χ4n) is 3.63. The van der Waals surface area contributed by atoms with E-state index in [4.69, 9.17) is 0 Å². The molecule has 0 aliphatic carbocycles. The summed E-state index contributed by atoms with van der Waals surface area (Å²) >= 11 is 0. The van der Waals surface area contributed by atoms with Gasteiger partial charge in [-0.2, -0.15) is 0 Å².